The summed E-state index contributed by atoms with van der Waals surface area (Å²) in [4.78, 5) is 44.7. The van der Waals surface area contributed by atoms with E-state index in [2.05, 4.69) is 10.2 Å². The molecule has 5 heterocycles. The number of anilines is 1. The van der Waals surface area contributed by atoms with Crippen LogP contribution < -0.4 is 21.0 Å². The van der Waals surface area contributed by atoms with E-state index >= 15 is 0 Å². The second kappa shape index (κ2) is 9.83. The van der Waals surface area contributed by atoms with Gasteiger partial charge in [-0.25, -0.2) is 5.21 Å². The Balaban J connectivity index is 1.32. The van der Waals surface area contributed by atoms with E-state index in [-0.39, 0.29) is 40.9 Å². The summed E-state index contributed by atoms with van der Waals surface area (Å²) in [5.74, 6) is -0.607. The van der Waals surface area contributed by atoms with Gasteiger partial charge in [0.2, 0.25) is 11.8 Å². The number of rotatable bonds is 3. The Morgan fingerprint density at radius 1 is 1.00 bits per heavy atom. The molecule has 4 aliphatic rings. The molecule has 10 nitrogen and oxygen atoms in total. The van der Waals surface area contributed by atoms with Crippen LogP contribution in [0.15, 0.2) is 65.5 Å². The zero-order valence-electron chi connectivity index (χ0n) is 22.8. The lowest BCUT2D eigenvalue weighted by Crippen LogP contribution is -2.99. The number of fused-ring (bicyclic) bond motifs is 9. The Morgan fingerprint density at radius 3 is 2.59 bits per heavy atom. The van der Waals surface area contributed by atoms with E-state index in [0.29, 0.717) is 32.5 Å². The van der Waals surface area contributed by atoms with E-state index in [9.17, 15) is 24.8 Å². The molecule has 1 fully saturated rings. The van der Waals surface area contributed by atoms with Gasteiger partial charge in [-0.1, -0.05) is 30.3 Å². The lowest BCUT2D eigenvalue weighted by Gasteiger charge is -2.55. The van der Waals surface area contributed by atoms with Crippen LogP contribution in [0.1, 0.15) is 34.7 Å². The van der Waals surface area contributed by atoms with Crippen LogP contribution in [-0.4, -0.2) is 52.2 Å². The molecule has 41 heavy (non-hydrogen) atoms. The maximum Gasteiger partial charge on any atom is 0.250 e. The number of hydrogen-bond acceptors (Lipinski definition) is 6. The number of nitrogens with one attached hydrogen (secondary N) is 2. The highest BCUT2D eigenvalue weighted by Crippen LogP contribution is 2.48. The number of aromatic nitrogens is 1. The first-order valence-corrected chi connectivity index (χ1v) is 14.3. The van der Waals surface area contributed by atoms with Crippen LogP contribution in [0.25, 0.3) is 0 Å². The van der Waals surface area contributed by atoms with Crippen molar-refractivity contribution in [2.24, 2.45) is 11.8 Å². The normalized spacial score (nSPS) is 26.7. The van der Waals surface area contributed by atoms with Crippen molar-refractivity contribution in [3.05, 3.63) is 98.6 Å². The maximum atomic E-state index is 14.7. The molecule has 0 spiro atoms. The van der Waals surface area contributed by atoms with Gasteiger partial charge in [0.15, 0.2) is 5.69 Å². The Bertz CT molecular complexity index is 1600. The second-order valence-electron chi connectivity index (χ2n) is 11.8. The van der Waals surface area contributed by atoms with Gasteiger partial charge in [0.1, 0.15) is 6.04 Å². The lowest BCUT2D eigenvalue weighted by atomic mass is 9.69. The highest BCUT2D eigenvalue weighted by molar-refractivity contribution is 5.90. The summed E-state index contributed by atoms with van der Waals surface area (Å²) in [6, 6.07) is 17.7. The molecule has 0 saturated carbocycles. The number of carbonyl (C=O) groups is 2. The molecule has 1 saturated heterocycles. The highest BCUT2D eigenvalue weighted by atomic mass is 16.8. The van der Waals surface area contributed by atoms with Crippen LogP contribution >= 0.6 is 0 Å². The van der Waals surface area contributed by atoms with Crippen LogP contribution in [0.5, 0.6) is 0 Å². The van der Waals surface area contributed by atoms with E-state index < -0.39 is 17.2 Å². The quantitative estimate of drug-likeness (QED) is 0.417. The third kappa shape index (κ3) is 4.16. The average Bonchev–Trinajstić information content (AvgIpc) is 2.99. The van der Waals surface area contributed by atoms with Crippen molar-refractivity contribution in [2.45, 2.75) is 50.4 Å². The minimum absolute atomic E-state index is 0.0249. The SMILES string of the molecule is CNC(=O)C1Cc2ccccc2CN1C(=O)C1Cc2cc([NH+]([O-])O)ccc2N2CC3CC(Cn4c3cccc4=O)C12. The molecule has 0 radical (unpaired) electrons. The Morgan fingerprint density at radius 2 is 1.80 bits per heavy atom. The molecule has 212 valence electrons. The molecular formula is C31H33N5O5. The van der Waals surface area contributed by atoms with Gasteiger partial charge in [-0.2, -0.15) is 5.23 Å². The largest absolute Gasteiger partial charge is 0.595 e. The molecule has 6 atom stereocenters. The molecule has 1 aromatic heterocycles. The molecule has 2 amide bonds. The molecule has 2 aromatic carbocycles. The summed E-state index contributed by atoms with van der Waals surface area (Å²) in [6.45, 7) is 1.50. The first kappa shape index (κ1) is 25.9. The number of carbonyl (C=O) groups excluding carboxylic acids is 2. The van der Waals surface area contributed by atoms with Crippen molar-refractivity contribution >= 4 is 23.2 Å². The third-order valence-corrected chi connectivity index (χ3v) is 9.65. The molecule has 6 unspecified atom stereocenters. The van der Waals surface area contributed by atoms with E-state index in [1.54, 1.807) is 30.1 Å². The standard InChI is InChI=1S/C31H33N5O5/c1-32-30(38)27-14-18-5-2-3-6-19(18)15-35(27)31(39)24-13-20-12-23(36(40)41)9-10-26(20)34-16-21-11-22(29(24)34)17-33-25(21)7-4-8-28(33)37/h2-10,12,21-22,24,27,29,36,40H,11,13-17H2,1H3,(H,32,38). The van der Waals surface area contributed by atoms with Crippen molar-refractivity contribution in [3.63, 3.8) is 0 Å². The zero-order valence-corrected chi connectivity index (χ0v) is 22.8. The molecule has 7 rings (SSSR count). The smallest absolute Gasteiger partial charge is 0.250 e. The minimum Gasteiger partial charge on any atom is -0.595 e. The Hall–Kier alpha value is -3.99. The van der Waals surface area contributed by atoms with Crippen molar-refractivity contribution in [1.29, 1.82) is 0 Å². The minimum atomic E-state index is -1.01. The molecule has 0 aliphatic carbocycles. The summed E-state index contributed by atoms with van der Waals surface area (Å²) in [5.41, 5.74) is 5.06. The molecule has 2 bridgehead atoms. The summed E-state index contributed by atoms with van der Waals surface area (Å²) < 4.78 is 1.87. The van der Waals surface area contributed by atoms with Gasteiger partial charge in [-0.3, -0.25) is 14.4 Å². The molecule has 10 heteroatoms. The van der Waals surface area contributed by atoms with Gasteiger partial charge >= 0.3 is 0 Å². The summed E-state index contributed by atoms with van der Waals surface area (Å²) >= 11 is 0. The summed E-state index contributed by atoms with van der Waals surface area (Å²) in [7, 11) is 1.59. The van der Waals surface area contributed by atoms with Crippen molar-refractivity contribution in [1.82, 2.24) is 14.8 Å². The fourth-order valence-electron chi connectivity index (χ4n) is 7.84. The second-order valence-corrected chi connectivity index (χ2v) is 11.8. The number of nitrogens with zero attached hydrogens (tertiary/aromatic N) is 3. The van der Waals surface area contributed by atoms with Crippen molar-refractivity contribution < 1.29 is 20.0 Å². The van der Waals surface area contributed by atoms with Gasteiger partial charge in [0, 0.05) is 74.6 Å². The lowest BCUT2D eigenvalue weighted by molar-refractivity contribution is -0.991. The third-order valence-electron chi connectivity index (χ3n) is 9.65. The van der Waals surface area contributed by atoms with E-state index in [1.165, 1.54) is 0 Å². The zero-order chi connectivity index (χ0) is 28.4. The van der Waals surface area contributed by atoms with E-state index in [4.69, 9.17) is 0 Å². The fourth-order valence-corrected chi connectivity index (χ4v) is 7.84. The van der Waals surface area contributed by atoms with Crippen molar-refractivity contribution in [2.75, 3.05) is 18.5 Å². The number of pyridine rings is 1. The van der Waals surface area contributed by atoms with Gasteiger partial charge in [0.25, 0.3) is 5.56 Å². The molecular weight excluding hydrogens is 522 g/mol. The van der Waals surface area contributed by atoms with Crippen LogP contribution in [-0.2, 0) is 35.5 Å². The van der Waals surface area contributed by atoms with Gasteiger partial charge in [-0.15, -0.1) is 0 Å². The number of quaternary nitrogens is 1. The summed E-state index contributed by atoms with van der Waals surface area (Å²) in [5, 5.41) is 23.3. The van der Waals surface area contributed by atoms with Crippen LogP contribution in [0.4, 0.5) is 11.4 Å². The predicted molar refractivity (Wildman–Crippen MR) is 151 cm³/mol. The number of amides is 2. The van der Waals surface area contributed by atoms with E-state index in [0.717, 1.165) is 34.5 Å². The average molecular weight is 556 g/mol. The predicted octanol–water partition coefficient (Wildman–Crippen LogP) is 1.12. The van der Waals surface area contributed by atoms with Crippen LogP contribution in [0, 0.1) is 17.0 Å². The molecule has 3 N–H and O–H groups in total. The van der Waals surface area contributed by atoms with Crippen molar-refractivity contribution in [3.8, 4) is 0 Å². The molecule has 4 aliphatic heterocycles. The van der Waals surface area contributed by atoms with Gasteiger partial charge in [0.05, 0.1) is 5.92 Å². The maximum absolute atomic E-state index is 14.7. The number of likely N-dealkylation sites (N-methyl/N-ethyl adjacent to an activating group) is 1. The first-order chi connectivity index (χ1) is 19.8. The summed E-state index contributed by atoms with van der Waals surface area (Å²) in [6.07, 6.45) is 1.70. The Labute approximate surface area is 237 Å². The van der Waals surface area contributed by atoms with Gasteiger partial charge < -0.3 is 24.9 Å². The molecule has 3 aromatic rings. The Kier molecular flexibility index (Phi) is 6.22. The van der Waals surface area contributed by atoms with Crippen LogP contribution in [0.3, 0.4) is 0 Å². The number of piperidine rings is 1. The van der Waals surface area contributed by atoms with Gasteiger partial charge in [-0.05, 0) is 47.6 Å². The van der Waals surface area contributed by atoms with E-state index in [1.807, 2.05) is 47.0 Å². The number of hydrogen-bond donors (Lipinski definition) is 3. The number of benzene rings is 2. The topological polar surface area (TPSA) is 122 Å². The monoisotopic (exact) mass is 555 g/mol. The highest BCUT2D eigenvalue weighted by Gasteiger charge is 2.51. The first-order valence-electron chi connectivity index (χ1n) is 14.3. The fraction of sp³-hybridized carbons (Fsp3) is 0.387. The van der Waals surface area contributed by atoms with Crippen LogP contribution in [0.2, 0.25) is 0 Å².